The summed E-state index contributed by atoms with van der Waals surface area (Å²) in [6, 6.07) is 16.8. The number of amides is 1. The van der Waals surface area contributed by atoms with Gasteiger partial charge in [0.05, 0.1) is 0 Å². The van der Waals surface area contributed by atoms with E-state index in [1.54, 1.807) is 32.2 Å². The fourth-order valence-corrected chi connectivity index (χ4v) is 2.34. The van der Waals surface area contributed by atoms with Crippen molar-refractivity contribution in [3.8, 4) is 0 Å². The third kappa shape index (κ3) is 3.98. The first-order valence-electron chi connectivity index (χ1n) is 7.74. The van der Waals surface area contributed by atoms with E-state index in [1.165, 1.54) is 17.0 Å². The highest BCUT2D eigenvalue weighted by molar-refractivity contribution is 6.04. The number of nitrogens with zero attached hydrogens (tertiary/aromatic N) is 3. The van der Waals surface area contributed by atoms with Crippen molar-refractivity contribution >= 4 is 23.2 Å². The SMILES string of the molecule is Cc1cc(C(=O)N(C)c2ccccc2)nc(Nc2ccc(F)cc2)n1. The Morgan fingerprint density at radius 3 is 2.40 bits per heavy atom. The van der Waals surface area contributed by atoms with E-state index in [0.29, 0.717) is 11.4 Å². The summed E-state index contributed by atoms with van der Waals surface area (Å²) in [5.74, 6) is -0.272. The maximum Gasteiger partial charge on any atom is 0.276 e. The smallest absolute Gasteiger partial charge is 0.276 e. The maximum absolute atomic E-state index is 13.0. The van der Waals surface area contributed by atoms with Crippen LogP contribution in [0.15, 0.2) is 60.7 Å². The number of hydrogen-bond donors (Lipinski definition) is 1. The number of aromatic nitrogens is 2. The van der Waals surface area contributed by atoms with E-state index < -0.39 is 0 Å². The van der Waals surface area contributed by atoms with Crippen LogP contribution < -0.4 is 10.2 Å². The number of para-hydroxylation sites is 1. The molecule has 1 aromatic heterocycles. The molecule has 25 heavy (non-hydrogen) atoms. The predicted molar refractivity (Wildman–Crippen MR) is 95.6 cm³/mol. The molecule has 0 aliphatic carbocycles. The molecule has 0 saturated carbocycles. The molecule has 5 nitrogen and oxygen atoms in total. The summed E-state index contributed by atoms with van der Waals surface area (Å²) in [7, 11) is 1.70. The Bertz CT molecular complexity index is 882. The van der Waals surface area contributed by atoms with E-state index in [2.05, 4.69) is 15.3 Å². The molecule has 3 rings (SSSR count). The highest BCUT2D eigenvalue weighted by atomic mass is 19.1. The molecule has 0 aliphatic heterocycles. The number of benzene rings is 2. The Morgan fingerprint density at radius 1 is 1.04 bits per heavy atom. The molecule has 2 aromatic carbocycles. The Kier molecular flexibility index (Phi) is 4.70. The van der Waals surface area contributed by atoms with Crippen LogP contribution in [0.4, 0.5) is 21.7 Å². The number of hydrogen-bond acceptors (Lipinski definition) is 4. The lowest BCUT2D eigenvalue weighted by atomic mass is 10.2. The number of rotatable bonds is 4. The Morgan fingerprint density at radius 2 is 1.72 bits per heavy atom. The normalized spacial score (nSPS) is 10.4. The summed E-state index contributed by atoms with van der Waals surface area (Å²) in [6.45, 7) is 1.79. The standard InChI is InChI=1S/C19H17FN4O/c1-13-12-17(18(25)24(2)16-6-4-3-5-7-16)23-19(21-13)22-15-10-8-14(20)9-11-15/h3-12H,1-2H3,(H,21,22,23). The molecule has 3 aromatic rings. The van der Waals surface area contributed by atoms with Crippen LogP contribution in [-0.4, -0.2) is 22.9 Å². The van der Waals surface area contributed by atoms with Gasteiger partial charge in [0, 0.05) is 24.1 Å². The molecule has 6 heteroatoms. The molecule has 0 radical (unpaired) electrons. The van der Waals surface area contributed by atoms with Gasteiger partial charge in [-0.2, -0.15) is 0 Å². The van der Waals surface area contributed by atoms with Gasteiger partial charge in [0.15, 0.2) is 0 Å². The van der Waals surface area contributed by atoms with Gasteiger partial charge in [0.1, 0.15) is 11.5 Å². The van der Waals surface area contributed by atoms with Crippen molar-refractivity contribution in [2.24, 2.45) is 0 Å². The van der Waals surface area contributed by atoms with Gasteiger partial charge in [-0.05, 0) is 49.4 Å². The number of halogens is 1. The Balaban J connectivity index is 1.86. The van der Waals surface area contributed by atoms with Crippen molar-refractivity contribution in [1.82, 2.24) is 9.97 Å². The lowest BCUT2D eigenvalue weighted by Crippen LogP contribution is -2.27. The highest BCUT2D eigenvalue weighted by Crippen LogP contribution is 2.17. The van der Waals surface area contributed by atoms with E-state index >= 15 is 0 Å². The second kappa shape index (κ2) is 7.09. The number of carbonyl (C=O) groups excluding carboxylic acids is 1. The first kappa shape index (κ1) is 16.6. The van der Waals surface area contributed by atoms with Crippen LogP contribution >= 0.6 is 0 Å². The van der Waals surface area contributed by atoms with Crippen LogP contribution in [-0.2, 0) is 0 Å². The van der Waals surface area contributed by atoms with Crippen molar-refractivity contribution in [3.63, 3.8) is 0 Å². The zero-order valence-corrected chi connectivity index (χ0v) is 13.9. The van der Waals surface area contributed by atoms with Crippen LogP contribution in [0.3, 0.4) is 0 Å². The number of aryl methyl sites for hydroxylation is 1. The zero-order chi connectivity index (χ0) is 17.8. The summed E-state index contributed by atoms with van der Waals surface area (Å²) in [6.07, 6.45) is 0. The van der Waals surface area contributed by atoms with E-state index in [1.807, 2.05) is 30.3 Å². The third-order valence-corrected chi connectivity index (χ3v) is 3.62. The zero-order valence-electron chi connectivity index (χ0n) is 13.9. The minimum atomic E-state index is -0.323. The molecular formula is C19H17FN4O. The molecular weight excluding hydrogens is 319 g/mol. The quantitative estimate of drug-likeness (QED) is 0.784. The predicted octanol–water partition coefficient (Wildman–Crippen LogP) is 3.94. The molecule has 0 aliphatic rings. The molecule has 0 unspecified atom stereocenters. The summed E-state index contributed by atoms with van der Waals surface area (Å²) in [5.41, 5.74) is 2.35. The average molecular weight is 336 g/mol. The molecule has 0 bridgehead atoms. The van der Waals surface area contributed by atoms with Gasteiger partial charge < -0.3 is 10.2 Å². The second-order valence-corrected chi connectivity index (χ2v) is 5.55. The van der Waals surface area contributed by atoms with Gasteiger partial charge in [-0.1, -0.05) is 18.2 Å². The topological polar surface area (TPSA) is 58.1 Å². The third-order valence-electron chi connectivity index (χ3n) is 3.62. The van der Waals surface area contributed by atoms with Gasteiger partial charge in [-0.25, -0.2) is 14.4 Å². The van der Waals surface area contributed by atoms with E-state index in [9.17, 15) is 9.18 Å². The van der Waals surface area contributed by atoms with Crippen molar-refractivity contribution in [2.75, 3.05) is 17.3 Å². The number of carbonyl (C=O) groups is 1. The van der Waals surface area contributed by atoms with Crippen molar-refractivity contribution in [3.05, 3.63) is 77.9 Å². The number of anilines is 3. The Hall–Kier alpha value is -3.28. The van der Waals surface area contributed by atoms with Gasteiger partial charge >= 0.3 is 0 Å². The summed E-state index contributed by atoms with van der Waals surface area (Å²) >= 11 is 0. The van der Waals surface area contributed by atoms with E-state index in [4.69, 9.17) is 0 Å². The molecule has 1 amide bonds. The summed E-state index contributed by atoms with van der Waals surface area (Å²) in [4.78, 5) is 22.8. The molecule has 0 spiro atoms. The van der Waals surface area contributed by atoms with Gasteiger partial charge in [-0.3, -0.25) is 4.79 Å². The lowest BCUT2D eigenvalue weighted by molar-refractivity contribution is 0.0988. The monoisotopic (exact) mass is 336 g/mol. The summed E-state index contributed by atoms with van der Waals surface area (Å²) in [5, 5.41) is 2.99. The highest BCUT2D eigenvalue weighted by Gasteiger charge is 2.16. The van der Waals surface area contributed by atoms with E-state index in [-0.39, 0.29) is 23.4 Å². The minimum absolute atomic E-state index is 0.237. The first-order chi connectivity index (χ1) is 12.0. The van der Waals surface area contributed by atoms with Crippen molar-refractivity contribution in [2.45, 2.75) is 6.92 Å². The molecule has 0 saturated heterocycles. The van der Waals surface area contributed by atoms with Crippen LogP contribution in [0.5, 0.6) is 0 Å². The van der Waals surface area contributed by atoms with Crippen molar-refractivity contribution in [1.29, 1.82) is 0 Å². The van der Waals surface area contributed by atoms with Crippen molar-refractivity contribution < 1.29 is 9.18 Å². The first-order valence-corrected chi connectivity index (χ1v) is 7.74. The van der Waals surface area contributed by atoms with Crippen LogP contribution in [0, 0.1) is 12.7 Å². The number of nitrogens with one attached hydrogen (secondary N) is 1. The average Bonchev–Trinajstić information content (AvgIpc) is 2.62. The Labute approximate surface area is 145 Å². The van der Waals surface area contributed by atoms with Gasteiger partial charge in [0.25, 0.3) is 5.91 Å². The molecule has 1 heterocycles. The van der Waals surface area contributed by atoms with E-state index in [0.717, 1.165) is 5.69 Å². The fraction of sp³-hybridized carbons (Fsp3) is 0.105. The fourth-order valence-electron chi connectivity index (χ4n) is 2.34. The maximum atomic E-state index is 13.0. The summed E-state index contributed by atoms with van der Waals surface area (Å²) < 4.78 is 13.0. The van der Waals surface area contributed by atoms with Crippen LogP contribution in [0.2, 0.25) is 0 Å². The van der Waals surface area contributed by atoms with Gasteiger partial charge in [0.2, 0.25) is 5.95 Å². The molecule has 1 N–H and O–H groups in total. The van der Waals surface area contributed by atoms with Crippen LogP contribution in [0.1, 0.15) is 16.2 Å². The molecule has 0 atom stereocenters. The van der Waals surface area contributed by atoms with Crippen LogP contribution in [0.25, 0.3) is 0 Å². The lowest BCUT2D eigenvalue weighted by Gasteiger charge is -2.17. The van der Waals surface area contributed by atoms with Gasteiger partial charge in [-0.15, -0.1) is 0 Å². The minimum Gasteiger partial charge on any atom is -0.324 e. The molecule has 126 valence electrons. The largest absolute Gasteiger partial charge is 0.324 e. The second-order valence-electron chi connectivity index (χ2n) is 5.55. The molecule has 0 fully saturated rings.